The highest BCUT2D eigenvalue weighted by Crippen LogP contribution is 2.13. The third kappa shape index (κ3) is 4.83. The van der Waals surface area contributed by atoms with Crippen LogP contribution in [0.15, 0.2) is 24.3 Å². The van der Waals surface area contributed by atoms with Crippen molar-refractivity contribution in [3.63, 3.8) is 0 Å². The van der Waals surface area contributed by atoms with Gasteiger partial charge in [-0.2, -0.15) is 0 Å². The van der Waals surface area contributed by atoms with Crippen LogP contribution < -0.4 is 5.32 Å². The number of hydrogen-bond donors (Lipinski definition) is 2. The SMILES string of the molecule is O=C(NCCCO)C(Br)Cc1ccccc1F. The van der Waals surface area contributed by atoms with Gasteiger partial charge in [-0.15, -0.1) is 0 Å². The van der Waals surface area contributed by atoms with Crippen LogP contribution in [-0.4, -0.2) is 29.0 Å². The topological polar surface area (TPSA) is 49.3 Å². The van der Waals surface area contributed by atoms with Crippen molar-refractivity contribution in [2.45, 2.75) is 17.7 Å². The predicted octanol–water partition coefficient (Wildman–Crippen LogP) is 1.63. The maximum atomic E-state index is 13.3. The molecule has 0 radical (unpaired) electrons. The first-order valence-electron chi connectivity index (χ1n) is 5.41. The molecule has 3 nitrogen and oxygen atoms in total. The monoisotopic (exact) mass is 303 g/mol. The molecule has 5 heteroatoms. The number of hydrogen-bond acceptors (Lipinski definition) is 2. The molecule has 0 saturated heterocycles. The van der Waals surface area contributed by atoms with E-state index in [0.717, 1.165) is 0 Å². The van der Waals surface area contributed by atoms with E-state index in [1.807, 2.05) is 0 Å². The summed E-state index contributed by atoms with van der Waals surface area (Å²) in [5.41, 5.74) is 0.506. The first kappa shape index (κ1) is 14.1. The smallest absolute Gasteiger partial charge is 0.234 e. The standard InChI is InChI=1S/C12H15BrFNO2/c13-10(12(17)15-6-3-7-16)8-9-4-1-2-5-11(9)14/h1-2,4-5,10,16H,3,6-8H2,(H,15,17). The molecule has 1 amide bonds. The van der Waals surface area contributed by atoms with Crippen LogP contribution in [0.5, 0.6) is 0 Å². The van der Waals surface area contributed by atoms with Crippen LogP contribution in [0.3, 0.4) is 0 Å². The van der Waals surface area contributed by atoms with E-state index in [9.17, 15) is 9.18 Å². The number of rotatable bonds is 6. The Morgan fingerprint density at radius 2 is 2.18 bits per heavy atom. The minimum atomic E-state index is -0.460. The summed E-state index contributed by atoms with van der Waals surface area (Å²) in [5, 5.41) is 11.2. The molecule has 0 spiro atoms. The van der Waals surface area contributed by atoms with Gasteiger partial charge in [-0.1, -0.05) is 34.1 Å². The van der Waals surface area contributed by atoms with Crippen molar-refractivity contribution in [1.82, 2.24) is 5.32 Å². The van der Waals surface area contributed by atoms with Crippen molar-refractivity contribution in [1.29, 1.82) is 0 Å². The molecule has 0 heterocycles. The molecule has 0 bridgehead atoms. The van der Waals surface area contributed by atoms with Crippen molar-refractivity contribution >= 4 is 21.8 Å². The Bertz CT molecular complexity index is 373. The lowest BCUT2D eigenvalue weighted by Crippen LogP contribution is -2.33. The molecule has 0 aliphatic heterocycles. The number of amides is 1. The molecule has 0 aliphatic carbocycles. The zero-order valence-electron chi connectivity index (χ0n) is 9.33. The molecular weight excluding hydrogens is 289 g/mol. The summed E-state index contributed by atoms with van der Waals surface area (Å²) in [5.74, 6) is -0.498. The van der Waals surface area contributed by atoms with Gasteiger partial charge in [0.25, 0.3) is 0 Å². The minimum absolute atomic E-state index is 0.0422. The summed E-state index contributed by atoms with van der Waals surface area (Å²) in [4.78, 5) is 11.1. The summed E-state index contributed by atoms with van der Waals surface area (Å²) < 4.78 is 13.3. The zero-order chi connectivity index (χ0) is 12.7. The lowest BCUT2D eigenvalue weighted by atomic mass is 10.1. The summed E-state index contributed by atoms with van der Waals surface area (Å²) in [6.45, 7) is 0.468. The maximum absolute atomic E-state index is 13.3. The number of alkyl halides is 1. The van der Waals surface area contributed by atoms with Gasteiger partial charge >= 0.3 is 0 Å². The van der Waals surface area contributed by atoms with Crippen LogP contribution in [0.1, 0.15) is 12.0 Å². The Kier molecular flexibility index (Phi) is 6.15. The Labute approximate surface area is 108 Å². The summed E-state index contributed by atoms with van der Waals surface area (Å²) in [7, 11) is 0. The van der Waals surface area contributed by atoms with Crippen molar-refractivity contribution in [3.8, 4) is 0 Å². The second-order valence-electron chi connectivity index (χ2n) is 3.63. The zero-order valence-corrected chi connectivity index (χ0v) is 10.9. The molecule has 0 fully saturated rings. The molecule has 2 N–H and O–H groups in total. The van der Waals surface area contributed by atoms with Crippen molar-refractivity contribution in [3.05, 3.63) is 35.6 Å². The Morgan fingerprint density at radius 3 is 2.82 bits per heavy atom. The third-order valence-electron chi connectivity index (χ3n) is 2.28. The molecule has 1 aromatic carbocycles. The largest absolute Gasteiger partial charge is 0.396 e. The molecule has 0 aliphatic rings. The first-order chi connectivity index (χ1) is 8.15. The predicted molar refractivity (Wildman–Crippen MR) is 67.5 cm³/mol. The quantitative estimate of drug-likeness (QED) is 0.620. The molecule has 0 saturated carbocycles. The van der Waals surface area contributed by atoms with E-state index in [1.165, 1.54) is 6.07 Å². The highest BCUT2D eigenvalue weighted by Gasteiger charge is 2.16. The number of aliphatic hydroxyl groups is 1. The van der Waals surface area contributed by atoms with E-state index in [0.29, 0.717) is 24.9 Å². The number of aliphatic hydroxyl groups excluding tert-OH is 1. The lowest BCUT2D eigenvalue weighted by Gasteiger charge is -2.11. The van der Waals surface area contributed by atoms with Gasteiger partial charge in [-0.05, 0) is 24.5 Å². The van der Waals surface area contributed by atoms with Gasteiger partial charge in [0.05, 0.1) is 4.83 Å². The van der Waals surface area contributed by atoms with E-state index < -0.39 is 4.83 Å². The van der Waals surface area contributed by atoms with Crippen LogP contribution >= 0.6 is 15.9 Å². The fourth-order valence-electron chi connectivity index (χ4n) is 1.35. The van der Waals surface area contributed by atoms with Gasteiger partial charge in [0.2, 0.25) is 5.91 Å². The molecule has 94 valence electrons. The Balaban J connectivity index is 2.46. The minimum Gasteiger partial charge on any atom is -0.396 e. The molecule has 0 aromatic heterocycles. The van der Waals surface area contributed by atoms with Crippen LogP contribution in [-0.2, 0) is 11.2 Å². The molecule has 17 heavy (non-hydrogen) atoms. The van der Waals surface area contributed by atoms with E-state index in [1.54, 1.807) is 18.2 Å². The first-order valence-corrected chi connectivity index (χ1v) is 6.32. The molecule has 1 rings (SSSR count). The average Bonchev–Trinajstić information content (AvgIpc) is 2.32. The van der Waals surface area contributed by atoms with Gasteiger partial charge < -0.3 is 10.4 Å². The Hall–Kier alpha value is -0.940. The maximum Gasteiger partial charge on any atom is 0.234 e. The van der Waals surface area contributed by atoms with E-state index in [2.05, 4.69) is 21.2 Å². The van der Waals surface area contributed by atoms with E-state index in [-0.39, 0.29) is 18.3 Å². The van der Waals surface area contributed by atoms with Crippen LogP contribution in [0, 0.1) is 5.82 Å². The number of carbonyl (C=O) groups is 1. The van der Waals surface area contributed by atoms with E-state index >= 15 is 0 Å². The van der Waals surface area contributed by atoms with Crippen LogP contribution in [0.4, 0.5) is 4.39 Å². The highest BCUT2D eigenvalue weighted by atomic mass is 79.9. The average molecular weight is 304 g/mol. The normalized spacial score (nSPS) is 12.2. The van der Waals surface area contributed by atoms with Gasteiger partial charge in [0.15, 0.2) is 0 Å². The van der Waals surface area contributed by atoms with E-state index in [4.69, 9.17) is 5.11 Å². The van der Waals surface area contributed by atoms with Crippen LogP contribution in [0.25, 0.3) is 0 Å². The van der Waals surface area contributed by atoms with Crippen molar-refractivity contribution in [2.24, 2.45) is 0 Å². The number of benzene rings is 1. The number of carbonyl (C=O) groups excluding carboxylic acids is 1. The van der Waals surface area contributed by atoms with Gasteiger partial charge in [-0.3, -0.25) is 4.79 Å². The molecule has 1 unspecified atom stereocenters. The third-order valence-corrected chi connectivity index (χ3v) is 3.02. The molecule has 1 aromatic rings. The lowest BCUT2D eigenvalue weighted by molar-refractivity contribution is -0.120. The fourth-order valence-corrected chi connectivity index (χ4v) is 1.86. The van der Waals surface area contributed by atoms with Crippen molar-refractivity contribution in [2.75, 3.05) is 13.2 Å². The fraction of sp³-hybridized carbons (Fsp3) is 0.417. The second-order valence-corrected chi connectivity index (χ2v) is 4.74. The van der Waals surface area contributed by atoms with Gasteiger partial charge in [0.1, 0.15) is 5.82 Å². The summed E-state index contributed by atoms with van der Waals surface area (Å²) in [6.07, 6.45) is 0.822. The molecular formula is C12H15BrFNO2. The van der Waals surface area contributed by atoms with Crippen LogP contribution in [0.2, 0.25) is 0 Å². The number of nitrogens with one attached hydrogen (secondary N) is 1. The molecule has 1 atom stereocenters. The second kappa shape index (κ2) is 7.40. The number of halogens is 2. The summed E-state index contributed by atoms with van der Waals surface area (Å²) >= 11 is 3.23. The van der Waals surface area contributed by atoms with Gasteiger partial charge in [0, 0.05) is 13.2 Å². The Morgan fingerprint density at radius 1 is 1.47 bits per heavy atom. The van der Waals surface area contributed by atoms with Crippen molar-refractivity contribution < 1.29 is 14.3 Å². The summed E-state index contributed by atoms with van der Waals surface area (Å²) in [6, 6.07) is 6.38. The highest BCUT2D eigenvalue weighted by molar-refractivity contribution is 9.10. The van der Waals surface area contributed by atoms with Gasteiger partial charge in [-0.25, -0.2) is 4.39 Å².